The van der Waals surface area contributed by atoms with E-state index >= 15 is 0 Å². The van der Waals surface area contributed by atoms with Crippen molar-refractivity contribution < 1.29 is 4.79 Å². The number of nitrogens with zero attached hydrogens (tertiary/aromatic N) is 2. The standard InChI is InChI=1S/C14H28N4O/c15-7-2-1-3-8-17-9-11-18(12-10-17)14(19)16-13-5-4-6-13/h13H,1-12,15H2,(H,16,19). The minimum atomic E-state index is 0.146. The third kappa shape index (κ3) is 4.66. The molecule has 2 amide bonds. The average molecular weight is 268 g/mol. The van der Waals surface area contributed by atoms with Gasteiger partial charge in [0.25, 0.3) is 0 Å². The first-order chi connectivity index (χ1) is 9.29. The van der Waals surface area contributed by atoms with Crippen molar-refractivity contribution in [3.63, 3.8) is 0 Å². The molecule has 5 heteroatoms. The first kappa shape index (κ1) is 14.6. The largest absolute Gasteiger partial charge is 0.335 e. The Morgan fingerprint density at radius 2 is 1.84 bits per heavy atom. The number of piperazine rings is 1. The summed E-state index contributed by atoms with van der Waals surface area (Å²) in [4.78, 5) is 16.4. The van der Waals surface area contributed by atoms with E-state index in [1.807, 2.05) is 4.90 Å². The number of rotatable bonds is 6. The molecule has 0 bridgehead atoms. The molecule has 1 aliphatic heterocycles. The number of unbranched alkanes of at least 4 members (excludes halogenated alkanes) is 2. The lowest BCUT2D eigenvalue weighted by molar-refractivity contribution is 0.133. The second kappa shape index (κ2) is 7.70. The summed E-state index contributed by atoms with van der Waals surface area (Å²) in [7, 11) is 0. The van der Waals surface area contributed by atoms with Gasteiger partial charge in [-0.25, -0.2) is 4.79 Å². The number of carbonyl (C=O) groups excluding carboxylic acids is 1. The molecule has 2 fully saturated rings. The average Bonchev–Trinajstić information content (AvgIpc) is 2.39. The Labute approximate surface area is 116 Å². The fraction of sp³-hybridized carbons (Fsp3) is 0.929. The van der Waals surface area contributed by atoms with Gasteiger partial charge in [0.2, 0.25) is 0 Å². The van der Waals surface area contributed by atoms with E-state index in [4.69, 9.17) is 5.73 Å². The summed E-state index contributed by atoms with van der Waals surface area (Å²) < 4.78 is 0. The van der Waals surface area contributed by atoms with Crippen molar-refractivity contribution in [3.05, 3.63) is 0 Å². The molecule has 0 spiro atoms. The van der Waals surface area contributed by atoms with Gasteiger partial charge >= 0.3 is 6.03 Å². The molecule has 1 saturated carbocycles. The molecular weight excluding hydrogens is 240 g/mol. The summed E-state index contributed by atoms with van der Waals surface area (Å²) in [5.74, 6) is 0. The molecule has 1 aliphatic carbocycles. The summed E-state index contributed by atoms with van der Waals surface area (Å²) in [6.45, 7) is 5.72. The van der Waals surface area contributed by atoms with Crippen LogP contribution in [0.5, 0.6) is 0 Å². The zero-order valence-corrected chi connectivity index (χ0v) is 11.9. The van der Waals surface area contributed by atoms with Crippen molar-refractivity contribution in [2.24, 2.45) is 5.73 Å². The van der Waals surface area contributed by atoms with Gasteiger partial charge in [0.15, 0.2) is 0 Å². The Morgan fingerprint density at radius 3 is 2.42 bits per heavy atom. The van der Waals surface area contributed by atoms with Crippen molar-refractivity contribution in [1.29, 1.82) is 0 Å². The molecule has 1 saturated heterocycles. The van der Waals surface area contributed by atoms with Crippen molar-refractivity contribution >= 4 is 6.03 Å². The number of nitrogens with one attached hydrogen (secondary N) is 1. The molecule has 110 valence electrons. The van der Waals surface area contributed by atoms with Crippen LogP contribution in [0.15, 0.2) is 0 Å². The van der Waals surface area contributed by atoms with Crippen molar-refractivity contribution in [3.8, 4) is 0 Å². The van der Waals surface area contributed by atoms with Crippen LogP contribution in [0.25, 0.3) is 0 Å². The highest BCUT2D eigenvalue weighted by atomic mass is 16.2. The quantitative estimate of drug-likeness (QED) is 0.706. The molecule has 0 aromatic rings. The third-order valence-corrected chi connectivity index (χ3v) is 4.27. The smallest absolute Gasteiger partial charge is 0.317 e. The van der Waals surface area contributed by atoms with Gasteiger partial charge in [0, 0.05) is 32.2 Å². The van der Waals surface area contributed by atoms with E-state index in [-0.39, 0.29) is 6.03 Å². The third-order valence-electron chi connectivity index (χ3n) is 4.27. The predicted molar refractivity (Wildman–Crippen MR) is 77.1 cm³/mol. The summed E-state index contributed by atoms with van der Waals surface area (Å²) in [5.41, 5.74) is 5.49. The second-order valence-electron chi connectivity index (χ2n) is 5.76. The second-order valence-corrected chi connectivity index (χ2v) is 5.76. The minimum absolute atomic E-state index is 0.146. The van der Waals surface area contributed by atoms with Gasteiger partial charge in [-0.1, -0.05) is 6.42 Å². The van der Waals surface area contributed by atoms with Crippen molar-refractivity contribution in [1.82, 2.24) is 15.1 Å². The summed E-state index contributed by atoms with van der Waals surface area (Å²) >= 11 is 0. The Bertz CT molecular complexity index is 273. The number of amides is 2. The summed E-state index contributed by atoms with van der Waals surface area (Å²) in [5, 5.41) is 3.12. The molecule has 0 unspecified atom stereocenters. The molecule has 2 rings (SSSR count). The van der Waals surface area contributed by atoms with E-state index < -0.39 is 0 Å². The number of hydrogen-bond acceptors (Lipinski definition) is 3. The zero-order valence-electron chi connectivity index (χ0n) is 11.9. The van der Waals surface area contributed by atoms with Gasteiger partial charge in [0.1, 0.15) is 0 Å². The molecule has 3 N–H and O–H groups in total. The van der Waals surface area contributed by atoms with E-state index in [9.17, 15) is 4.79 Å². The lowest BCUT2D eigenvalue weighted by atomic mass is 9.93. The van der Waals surface area contributed by atoms with Crippen LogP contribution in [-0.2, 0) is 0 Å². The molecule has 1 heterocycles. The van der Waals surface area contributed by atoms with Crippen molar-refractivity contribution in [2.45, 2.75) is 44.6 Å². The van der Waals surface area contributed by atoms with Crippen LogP contribution in [0.3, 0.4) is 0 Å². The maximum Gasteiger partial charge on any atom is 0.317 e. The number of urea groups is 1. The number of carbonyl (C=O) groups is 1. The Hall–Kier alpha value is -0.810. The van der Waals surface area contributed by atoms with Crippen LogP contribution in [0.4, 0.5) is 4.79 Å². The highest BCUT2D eigenvalue weighted by Crippen LogP contribution is 2.18. The SMILES string of the molecule is NCCCCCN1CCN(C(=O)NC2CCC2)CC1. The van der Waals surface area contributed by atoms with Crippen LogP contribution in [0.2, 0.25) is 0 Å². The van der Waals surface area contributed by atoms with Gasteiger partial charge in [-0.2, -0.15) is 0 Å². The Kier molecular flexibility index (Phi) is 5.92. The molecule has 2 aliphatic rings. The lowest BCUT2D eigenvalue weighted by Gasteiger charge is -2.36. The monoisotopic (exact) mass is 268 g/mol. The van der Waals surface area contributed by atoms with Gasteiger partial charge in [-0.05, 0) is 45.2 Å². The van der Waals surface area contributed by atoms with E-state index in [1.54, 1.807) is 0 Å². The van der Waals surface area contributed by atoms with Crippen LogP contribution >= 0.6 is 0 Å². The van der Waals surface area contributed by atoms with Gasteiger partial charge < -0.3 is 16.0 Å². The summed E-state index contributed by atoms with van der Waals surface area (Å²) in [6.07, 6.45) is 7.16. The van der Waals surface area contributed by atoms with Gasteiger partial charge in [0.05, 0.1) is 0 Å². The van der Waals surface area contributed by atoms with Gasteiger partial charge in [-0.15, -0.1) is 0 Å². The maximum absolute atomic E-state index is 12.0. The highest BCUT2D eigenvalue weighted by Gasteiger charge is 2.25. The first-order valence-electron chi connectivity index (χ1n) is 7.77. The van der Waals surface area contributed by atoms with Crippen LogP contribution in [0, 0.1) is 0 Å². The van der Waals surface area contributed by atoms with E-state index in [0.717, 1.165) is 58.5 Å². The number of hydrogen-bond donors (Lipinski definition) is 2. The zero-order chi connectivity index (χ0) is 13.5. The normalized spacial score (nSPS) is 21.2. The van der Waals surface area contributed by atoms with E-state index in [2.05, 4.69) is 10.2 Å². The number of nitrogens with two attached hydrogens (primary N) is 1. The molecule has 0 aromatic heterocycles. The minimum Gasteiger partial charge on any atom is -0.335 e. The fourth-order valence-corrected chi connectivity index (χ4v) is 2.65. The van der Waals surface area contributed by atoms with Crippen LogP contribution < -0.4 is 11.1 Å². The van der Waals surface area contributed by atoms with E-state index in [0.29, 0.717) is 6.04 Å². The molecule has 5 nitrogen and oxygen atoms in total. The van der Waals surface area contributed by atoms with E-state index in [1.165, 1.54) is 19.3 Å². The Balaban J connectivity index is 1.57. The molecule has 0 radical (unpaired) electrons. The molecular formula is C14H28N4O. The Morgan fingerprint density at radius 1 is 1.11 bits per heavy atom. The molecule has 19 heavy (non-hydrogen) atoms. The fourth-order valence-electron chi connectivity index (χ4n) is 2.65. The van der Waals surface area contributed by atoms with Crippen molar-refractivity contribution in [2.75, 3.05) is 39.3 Å². The summed E-state index contributed by atoms with van der Waals surface area (Å²) in [6, 6.07) is 0.592. The maximum atomic E-state index is 12.0. The lowest BCUT2D eigenvalue weighted by Crippen LogP contribution is -2.54. The highest BCUT2D eigenvalue weighted by molar-refractivity contribution is 5.74. The predicted octanol–water partition coefficient (Wildman–Crippen LogP) is 0.995. The van der Waals surface area contributed by atoms with Gasteiger partial charge in [-0.3, -0.25) is 4.90 Å². The molecule has 0 aromatic carbocycles. The molecule has 0 atom stereocenters. The topological polar surface area (TPSA) is 61.6 Å². The van der Waals surface area contributed by atoms with Crippen LogP contribution in [-0.4, -0.2) is 61.1 Å². The first-order valence-corrected chi connectivity index (χ1v) is 7.77. The van der Waals surface area contributed by atoms with Crippen LogP contribution in [0.1, 0.15) is 38.5 Å².